The zero-order valence-electron chi connectivity index (χ0n) is 8.22. The first-order valence-electron chi connectivity index (χ1n) is 4.66. The molecule has 0 heterocycles. The summed E-state index contributed by atoms with van der Waals surface area (Å²) in [6.07, 6.45) is 1.14. The van der Waals surface area contributed by atoms with Gasteiger partial charge in [-0.15, -0.1) is 0 Å². The number of amides is 1. The van der Waals surface area contributed by atoms with Crippen LogP contribution < -0.4 is 5.32 Å². The van der Waals surface area contributed by atoms with Gasteiger partial charge >= 0.3 is 0 Å². The summed E-state index contributed by atoms with van der Waals surface area (Å²) in [5, 5.41) is 2.82. The number of carbonyl (C=O) groups excluding carboxylic acids is 1. The lowest BCUT2D eigenvalue weighted by Crippen LogP contribution is -2.39. The van der Waals surface area contributed by atoms with Gasteiger partial charge in [0.1, 0.15) is 6.17 Å². The van der Waals surface area contributed by atoms with E-state index < -0.39 is 6.17 Å². The fourth-order valence-corrected chi connectivity index (χ4v) is 1.62. The first-order chi connectivity index (χ1) is 6.08. The van der Waals surface area contributed by atoms with Crippen LogP contribution >= 0.6 is 0 Å². The molecule has 0 saturated heterocycles. The van der Waals surface area contributed by atoms with Crippen molar-refractivity contribution < 1.29 is 9.18 Å². The molecule has 1 saturated carbocycles. The van der Waals surface area contributed by atoms with Crippen LogP contribution in [0, 0.1) is 0 Å². The largest absolute Gasteiger partial charge is 0.352 e. The second kappa shape index (κ2) is 4.56. The lowest BCUT2D eigenvalue weighted by atomic mass is 10.2. The van der Waals surface area contributed by atoms with Crippen LogP contribution in [0.1, 0.15) is 19.3 Å². The van der Waals surface area contributed by atoms with Gasteiger partial charge in [0, 0.05) is 6.04 Å². The quantitative estimate of drug-likeness (QED) is 0.701. The summed E-state index contributed by atoms with van der Waals surface area (Å²) in [5.41, 5.74) is 0. The normalized spacial score (nSPS) is 28.0. The SMILES string of the molecule is CN(C)CC(=O)NC1CCC(F)C1. The van der Waals surface area contributed by atoms with Gasteiger partial charge in [0.05, 0.1) is 6.54 Å². The second-order valence-corrected chi connectivity index (χ2v) is 3.91. The molecule has 0 bridgehead atoms. The number of alkyl halides is 1. The number of nitrogens with one attached hydrogen (secondary N) is 1. The van der Waals surface area contributed by atoms with E-state index in [1.807, 2.05) is 14.1 Å². The van der Waals surface area contributed by atoms with Crippen LogP contribution in [0.15, 0.2) is 0 Å². The van der Waals surface area contributed by atoms with E-state index in [2.05, 4.69) is 5.32 Å². The Morgan fingerprint density at radius 1 is 1.54 bits per heavy atom. The Labute approximate surface area is 78.3 Å². The fraction of sp³-hybridized carbons (Fsp3) is 0.889. The predicted octanol–water partition coefficient (Wildman–Crippen LogP) is 0.555. The molecule has 2 atom stereocenters. The number of carbonyl (C=O) groups is 1. The van der Waals surface area contributed by atoms with Crippen LogP contribution in [0.5, 0.6) is 0 Å². The summed E-state index contributed by atoms with van der Waals surface area (Å²) in [6, 6.07) is 0.0578. The maximum atomic E-state index is 12.7. The van der Waals surface area contributed by atoms with Gasteiger partial charge in [-0.1, -0.05) is 0 Å². The van der Waals surface area contributed by atoms with Gasteiger partial charge in [0.15, 0.2) is 0 Å². The van der Waals surface area contributed by atoms with Gasteiger partial charge in [-0.05, 0) is 33.4 Å². The average Bonchev–Trinajstić information content (AvgIpc) is 2.33. The Morgan fingerprint density at radius 2 is 2.23 bits per heavy atom. The van der Waals surface area contributed by atoms with Crippen molar-refractivity contribution in [2.45, 2.75) is 31.5 Å². The molecule has 1 fully saturated rings. The summed E-state index contributed by atoms with van der Waals surface area (Å²) in [7, 11) is 3.68. The molecule has 1 amide bonds. The monoisotopic (exact) mass is 188 g/mol. The van der Waals surface area contributed by atoms with Crippen LogP contribution in [0.3, 0.4) is 0 Å². The summed E-state index contributed by atoms with van der Waals surface area (Å²) < 4.78 is 12.7. The zero-order chi connectivity index (χ0) is 9.84. The highest BCUT2D eigenvalue weighted by molar-refractivity contribution is 5.78. The Bertz CT molecular complexity index is 184. The minimum absolute atomic E-state index is 0.0101. The number of likely N-dealkylation sites (N-methyl/N-ethyl adjacent to an activating group) is 1. The van der Waals surface area contributed by atoms with Crippen molar-refractivity contribution in [2.75, 3.05) is 20.6 Å². The smallest absolute Gasteiger partial charge is 0.234 e. The van der Waals surface area contributed by atoms with E-state index in [0.717, 1.165) is 6.42 Å². The molecule has 1 aliphatic rings. The van der Waals surface area contributed by atoms with E-state index in [1.54, 1.807) is 4.90 Å². The maximum absolute atomic E-state index is 12.7. The summed E-state index contributed by atoms with van der Waals surface area (Å²) in [5.74, 6) is -0.0101. The molecule has 2 unspecified atom stereocenters. The fourth-order valence-electron chi connectivity index (χ4n) is 1.62. The van der Waals surface area contributed by atoms with Crippen LogP contribution in [-0.2, 0) is 4.79 Å². The minimum Gasteiger partial charge on any atom is -0.352 e. The molecule has 0 aromatic rings. The van der Waals surface area contributed by atoms with Crippen molar-refractivity contribution in [3.8, 4) is 0 Å². The average molecular weight is 188 g/mol. The highest BCUT2D eigenvalue weighted by atomic mass is 19.1. The van der Waals surface area contributed by atoms with E-state index >= 15 is 0 Å². The summed E-state index contributed by atoms with van der Waals surface area (Å²) >= 11 is 0. The molecule has 0 spiro atoms. The third-order valence-electron chi connectivity index (χ3n) is 2.19. The van der Waals surface area contributed by atoms with Gasteiger partial charge in [-0.2, -0.15) is 0 Å². The van der Waals surface area contributed by atoms with Crippen molar-refractivity contribution in [3.05, 3.63) is 0 Å². The molecule has 0 aliphatic heterocycles. The second-order valence-electron chi connectivity index (χ2n) is 3.91. The van der Waals surface area contributed by atoms with Gasteiger partial charge in [-0.3, -0.25) is 4.79 Å². The van der Waals surface area contributed by atoms with Crippen molar-refractivity contribution in [3.63, 3.8) is 0 Å². The van der Waals surface area contributed by atoms with E-state index in [-0.39, 0.29) is 11.9 Å². The maximum Gasteiger partial charge on any atom is 0.234 e. The molecule has 1 rings (SSSR count). The third kappa shape index (κ3) is 3.72. The number of rotatable bonds is 3. The summed E-state index contributed by atoms with van der Waals surface area (Å²) in [6.45, 7) is 0.382. The molecule has 1 aliphatic carbocycles. The minimum atomic E-state index is -0.718. The molecular weight excluding hydrogens is 171 g/mol. The third-order valence-corrected chi connectivity index (χ3v) is 2.19. The van der Waals surface area contributed by atoms with Gasteiger partial charge in [-0.25, -0.2) is 4.39 Å². The molecule has 0 aromatic carbocycles. The van der Waals surface area contributed by atoms with Crippen LogP contribution in [0.2, 0.25) is 0 Å². The Hall–Kier alpha value is -0.640. The Kier molecular flexibility index (Phi) is 3.66. The number of halogens is 1. The van der Waals surface area contributed by atoms with Crippen molar-refractivity contribution in [1.82, 2.24) is 10.2 Å². The molecule has 13 heavy (non-hydrogen) atoms. The molecule has 3 nitrogen and oxygen atoms in total. The van der Waals surface area contributed by atoms with Crippen molar-refractivity contribution in [1.29, 1.82) is 0 Å². The number of nitrogens with zero attached hydrogens (tertiary/aromatic N) is 1. The van der Waals surface area contributed by atoms with E-state index in [4.69, 9.17) is 0 Å². The predicted molar refractivity (Wildman–Crippen MR) is 49.2 cm³/mol. The molecule has 0 aromatic heterocycles. The topological polar surface area (TPSA) is 32.3 Å². The Balaban J connectivity index is 2.21. The van der Waals surface area contributed by atoms with E-state index in [1.165, 1.54) is 0 Å². The van der Waals surface area contributed by atoms with Crippen molar-refractivity contribution >= 4 is 5.91 Å². The van der Waals surface area contributed by atoms with E-state index in [9.17, 15) is 9.18 Å². The molecular formula is C9H17FN2O. The van der Waals surface area contributed by atoms with E-state index in [0.29, 0.717) is 19.4 Å². The standard InChI is InChI=1S/C9H17FN2O/c1-12(2)6-9(13)11-8-4-3-7(10)5-8/h7-8H,3-6H2,1-2H3,(H,11,13). The number of hydrogen-bond acceptors (Lipinski definition) is 2. The van der Waals surface area contributed by atoms with Gasteiger partial charge in [0.2, 0.25) is 5.91 Å². The van der Waals surface area contributed by atoms with Gasteiger partial charge < -0.3 is 10.2 Å². The Morgan fingerprint density at radius 3 is 2.69 bits per heavy atom. The van der Waals surface area contributed by atoms with Crippen LogP contribution in [0.25, 0.3) is 0 Å². The van der Waals surface area contributed by atoms with Crippen LogP contribution in [0.4, 0.5) is 4.39 Å². The van der Waals surface area contributed by atoms with Crippen molar-refractivity contribution in [2.24, 2.45) is 0 Å². The lowest BCUT2D eigenvalue weighted by molar-refractivity contribution is -0.122. The summed E-state index contributed by atoms with van der Waals surface area (Å²) in [4.78, 5) is 13.0. The lowest BCUT2D eigenvalue weighted by Gasteiger charge is -2.14. The molecule has 4 heteroatoms. The first kappa shape index (κ1) is 10.4. The molecule has 0 radical (unpaired) electrons. The van der Waals surface area contributed by atoms with Gasteiger partial charge in [0.25, 0.3) is 0 Å². The molecule has 76 valence electrons. The highest BCUT2D eigenvalue weighted by Gasteiger charge is 2.25. The number of hydrogen-bond donors (Lipinski definition) is 1. The molecule has 1 N–H and O–H groups in total. The first-order valence-corrected chi connectivity index (χ1v) is 4.66. The highest BCUT2D eigenvalue weighted by Crippen LogP contribution is 2.21. The zero-order valence-corrected chi connectivity index (χ0v) is 8.22. The van der Waals surface area contributed by atoms with Crippen LogP contribution in [-0.4, -0.2) is 43.7 Å².